The molecule has 0 radical (unpaired) electrons. The van der Waals surface area contributed by atoms with Crippen LogP contribution >= 0.6 is 11.6 Å². The van der Waals surface area contributed by atoms with Crippen LogP contribution in [0.25, 0.3) is 0 Å². The molecule has 3 unspecified atom stereocenters. The normalized spacial score (nSPS) is 28.3. The summed E-state index contributed by atoms with van der Waals surface area (Å²) in [6.07, 6.45) is 5.60. The Bertz CT molecular complexity index is 407. The largest absolute Gasteiger partial charge is 0.327 e. The van der Waals surface area contributed by atoms with Crippen molar-refractivity contribution >= 4 is 11.6 Å². The van der Waals surface area contributed by atoms with E-state index in [0.717, 1.165) is 18.4 Å². The van der Waals surface area contributed by atoms with E-state index in [0.29, 0.717) is 10.9 Å². The summed E-state index contributed by atoms with van der Waals surface area (Å²) in [7, 11) is 0. The van der Waals surface area contributed by atoms with Crippen molar-refractivity contribution in [2.24, 2.45) is 11.7 Å². The minimum Gasteiger partial charge on any atom is -0.327 e. The Morgan fingerprint density at radius 1 is 1.39 bits per heavy atom. The minimum atomic E-state index is -0.208. The van der Waals surface area contributed by atoms with E-state index < -0.39 is 0 Å². The van der Waals surface area contributed by atoms with Crippen LogP contribution in [0.3, 0.4) is 0 Å². The van der Waals surface area contributed by atoms with E-state index in [-0.39, 0.29) is 17.8 Å². The van der Waals surface area contributed by atoms with Crippen LogP contribution in [0.4, 0.5) is 4.39 Å². The van der Waals surface area contributed by atoms with Gasteiger partial charge in [-0.1, -0.05) is 37.4 Å². The van der Waals surface area contributed by atoms with Gasteiger partial charge in [0.15, 0.2) is 0 Å². The molecule has 2 rings (SSSR count). The third-order valence-corrected chi connectivity index (χ3v) is 4.31. The van der Waals surface area contributed by atoms with E-state index in [2.05, 4.69) is 6.92 Å². The van der Waals surface area contributed by atoms with Gasteiger partial charge in [0.2, 0.25) is 0 Å². The van der Waals surface area contributed by atoms with E-state index in [4.69, 9.17) is 17.3 Å². The molecule has 1 saturated carbocycles. The first-order valence-electron chi connectivity index (χ1n) is 6.82. The molecule has 1 nitrogen and oxygen atoms in total. The predicted octanol–water partition coefficient (Wildman–Crippen LogP) is 4.49. The molecule has 18 heavy (non-hydrogen) atoms. The molecule has 1 aliphatic carbocycles. The van der Waals surface area contributed by atoms with Crippen LogP contribution in [0, 0.1) is 11.7 Å². The van der Waals surface area contributed by atoms with Crippen molar-refractivity contribution < 1.29 is 4.39 Å². The molecule has 0 aromatic heterocycles. The molecule has 1 aromatic carbocycles. The van der Waals surface area contributed by atoms with Gasteiger partial charge >= 0.3 is 0 Å². The Morgan fingerprint density at radius 2 is 2.17 bits per heavy atom. The maximum Gasteiger partial charge on any atom is 0.128 e. The zero-order chi connectivity index (χ0) is 13.1. The van der Waals surface area contributed by atoms with Gasteiger partial charge in [-0.15, -0.1) is 0 Å². The molecule has 0 saturated heterocycles. The summed E-state index contributed by atoms with van der Waals surface area (Å²) in [5.41, 5.74) is 6.92. The lowest BCUT2D eigenvalue weighted by molar-refractivity contribution is 0.270. The number of hydrogen-bond acceptors (Lipinski definition) is 1. The van der Waals surface area contributed by atoms with Crippen molar-refractivity contribution in [1.82, 2.24) is 0 Å². The highest BCUT2D eigenvalue weighted by Crippen LogP contribution is 2.38. The van der Waals surface area contributed by atoms with Crippen LogP contribution in [0.15, 0.2) is 18.2 Å². The standard InChI is InChI=1S/C15H21ClFN/c1-2-3-10-4-7-15(18)13(8-10)12-6-5-11(16)9-14(12)17/h5-6,9-10,13,15H,2-4,7-8,18H2,1H3. The minimum absolute atomic E-state index is 0.0776. The van der Waals surface area contributed by atoms with Crippen molar-refractivity contribution in [1.29, 1.82) is 0 Å². The molecule has 0 heterocycles. The number of benzene rings is 1. The lowest BCUT2D eigenvalue weighted by Crippen LogP contribution is -2.35. The maximum atomic E-state index is 14.0. The van der Waals surface area contributed by atoms with Gasteiger partial charge in [-0.3, -0.25) is 0 Å². The zero-order valence-electron chi connectivity index (χ0n) is 10.8. The molecule has 1 aliphatic rings. The zero-order valence-corrected chi connectivity index (χ0v) is 11.6. The first-order chi connectivity index (χ1) is 8.61. The third kappa shape index (κ3) is 3.04. The van der Waals surface area contributed by atoms with Crippen LogP contribution in [0.1, 0.15) is 50.5 Å². The first-order valence-corrected chi connectivity index (χ1v) is 7.20. The topological polar surface area (TPSA) is 26.0 Å². The van der Waals surface area contributed by atoms with E-state index in [9.17, 15) is 4.39 Å². The van der Waals surface area contributed by atoms with Gasteiger partial charge in [-0.25, -0.2) is 4.39 Å². The van der Waals surface area contributed by atoms with Crippen LogP contribution < -0.4 is 5.73 Å². The molecule has 100 valence electrons. The van der Waals surface area contributed by atoms with Crippen molar-refractivity contribution in [2.75, 3.05) is 0 Å². The highest BCUT2D eigenvalue weighted by molar-refractivity contribution is 6.30. The van der Waals surface area contributed by atoms with Gasteiger partial charge in [0.1, 0.15) is 5.82 Å². The monoisotopic (exact) mass is 269 g/mol. The first kappa shape index (κ1) is 13.8. The van der Waals surface area contributed by atoms with E-state index >= 15 is 0 Å². The molecule has 0 spiro atoms. The highest BCUT2D eigenvalue weighted by Gasteiger charge is 2.30. The fourth-order valence-corrected chi connectivity index (χ4v) is 3.27. The summed E-state index contributed by atoms with van der Waals surface area (Å²) < 4.78 is 14.0. The van der Waals surface area contributed by atoms with Crippen molar-refractivity contribution in [2.45, 2.75) is 51.0 Å². The van der Waals surface area contributed by atoms with E-state index in [1.165, 1.54) is 25.3 Å². The lowest BCUT2D eigenvalue weighted by atomic mass is 9.73. The predicted molar refractivity (Wildman–Crippen MR) is 74.4 cm³/mol. The number of halogens is 2. The second-order valence-corrected chi connectivity index (χ2v) is 5.84. The van der Waals surface area contributed by atoms with Crippen LogP contribution in [0.5, 0.6) is 0 Å². The van der Waals surface area contributed by atoms with Crippen LogP contribution in [0.2, 0.25) is 5.02 Å². The van der Waals surface area contributed by atoms with Crippen LogP contribution in [-0.2, 0) is 0 Å². The molecule has 0 amide bonds. The molecular formula is C15H21ClFN. The molecule has 2 N–H and O–H groups in total. The molecule has 1 aromatic rings. The fraction of sp³-hybridized carbons (Fsp3) is 0.600. The highest BCUT2D eigenvalue weighted by atomic mass is 35.5. The van der Waals surface area contributed by atoms with Crippen LogP contribution in [-0.4, -0.2) is 6.04 Å². The lowest BCUT2D eigenvalue weighted by Gasteiger charge is -2.34. The molecule has 3 atom stereocenters. The second-order valence-electron chi connectivity index (χ2n) is 5.40. The van der Waals surface area contributed by atoms with Crippen molar-refractivity contribution in [3.8, 4) is 0 Å². The van der Waals surface area contributed by atoms with Crippen molar-refractivity contribution in [3.63, 3.8) is 0 Å². The Balaban J connectivity index is 2.18. The van der Waals surface area contributed by atoms with Gasteiger partial charge in [0, 0.05) is 17.0 Å². The second kappa shape index (κ2) is 6.03. The van der Waals surface area contributed by atoms with E-state index in [1.807, 2.05) is 0 Å². The third-order valence-electron chi connectivity index (χ3n) is 4.07. The molecular weight excluding hydrogens is 249 g/mol. The summed E-state index contributed by atoms with van der Waals surface area (Å²) >= 11 is 5.80. The Labute approximate surface area is 114 Å². The molecule has 1 fully saturated rings. The number of rotatable bonds is 3. The van der Waals surface area contributed by atoms with Gasteiger partial charge in [-0.2, -0.15) is 0 Å². The molecule has 0 aliphatic heterocycles. The summed E-state index contributed by atoms with van der Waals surface area (Å²) in [4.78, 5) is 0. The molecule has 3 heteroatoms. The summed E-state index contributed by atoms with van der Waals surface area (Å²) in [6.45, 7) is 2.20. The average Bonchev–Trinajstić information content (AvgIpc) is 2.33. The summed E-state index contributed by atoms with van der Waals surface area (Å²) in [6, 6.07) is 5.04. The van der Waals surface area contributed by atoms with Gasteiger partial charge in [0.25, 0.3) is 0 Å². The molecule has 0 bridgehead atoms. The quantitative estimate of drug-likeness (QED) is 0.860. The Morgan fingerprint density at radius 3 is 2.83 bits per heavy atom. The fourth-order valence-electron chi connectivity index (χ4n) is 3.11. The average molecular weight is 270 g/mol. The Hall–Kier alpha value is -0.600. The summed E-state index contributed by atoms with van der Waals surface area (Å²) in [5.74, 6) is 0.627. The van der Waals surface area contributed by atoms with Crippen molar-refractivity contribution in [3.05, 3.63) is 34.6 Å². The SMILES string of the molecule is CCCC1CCC(N)C(c2ccc(Cl)cc2F)C1. The maximum absolute atomic E-state index is 14.0. The van der Waals surface area contributed by atoms with Gasteiger partial charge in [-0.05, 0) is 42.9 Å². The van der Waals surface area contributed by atoms with Gasteiger partial charge in [0.05, 0.1) is 0 Å². The summed E-state index contributed by atoms with van der Waals surface area (Å²) in [5, 5.41) is 0.450. The number of nitrogens with two attached hydrogens (primary N) is 1. The van der Waals surface area contributed by atoms with E-state index in [1.54, 1.807) is 12.1 Å². The Kier molecular flexibility index (Phi) is 4.63. The van der Waals surface area contributed by atoms with Gasteiger partial charge < -0.3 is 5.73 Å². The number of hydrogen-bond donors (Lipinski definition) is 1. The smallest absolute Gasteiger partial charge is 0.128 e.